The standard InChI is InChI=1S/C19H17NO6/c1-11(2)18(21)25-14-7-6-12(10-16(14)23-3)9-13-19(22)26-17(20-13)15-5-4-8-24-15/h4-11H,1-3H3/b13-9+. The number of rotatable bonds is 5. The van der Waals surface area contributed by atoms with Crippen LogP contribution in [0.25, 0.3) is 6.08 Å². The van der Waals surface area contributed by atoms with Crippen molar-refractivity contribution in [2.24, 2.45) is 10.9 Å². The molecule has 3 rings (SSSR count). The maximum absolute atomic E-state index is 12.0. The summed E-state index contributed by atoms with van der Waals surface area (Å²) < 4.78 is 20.8. The van der Waals surface area contributed by atoms with Crippen LogP contribution in [0.3, 0.4) is 0 Å². The molecule has 134 valence electrons. The van der Waals surface area contributed by atoms with Crippen LogP contribution in [0.2, 0.25) is 0 Å². The predicted octanol–water partition coefficient (Wildman–Crippen LogP) is 3.19. The van der Waals surface area contributed by atoms with Gasteiger partial charge in [-0.2, -0.15) is 0 Å². The summed E-state index contributed by atoms with van der Waals surface area (Å²) in [4.78, 5) is 27.9. The van der Waals surface area contributed by atoms with Crippen LogP contribution in [0.5, 0.6) is 11.5 Å². The average molecular weight is 355 g/mol. The van der Waals surface area contributed by atoms with Gasteiger partial charge in [0.25, 0.3) is 5.90 Å². The molecule has 0 amide bonds. The Morgan fingerprint density at radius 1 is 1.23 bits per heavy atom. The van der Waals surface area contributed by atoms with E-state index in [1.165, 1.54) is 13.4 Å². The number of hydrogen-bond donors (Lipinski definition) is 0. The van der Waals surface area contributed by atoms with Crippen LogP contribution in [0.15, 0.2) is 51.7 Å². The average Bonchev–Trinajstić information content (AvgIpc) is 3.26. The van der Waals surface area contributed by atoms with Gasteiger partial charge in [0, 0.05) is 0 Å². The summed E-state index contributed by atoms with van der Waals surface area (Å²) in [5.41, 5.74) is 0.771. The molecule has 0 aliphatic carbocycles. The topological polar surface area (TPSA) is 87.3 Å². The number of carbonyl (C=O) groups is 2. The van der Waals surface area contributed by atoms with Crippen LogP contribution in [0, 0.1) is 5.92 Å². The van der Waals surface area contributed by atoms with E-state index in [1.54, 1.807) is 50.3 Å². The molecule has 0 saturated carbocycles. The van der Waals surface area contributed by atoms with Gasteiger partial charge in [-0.15, -0.1) is 0 Å². The monoisotopic (exact) mass is 355 g/mol. The number of methoxy groups -OCH3 is 1. The van der Waals surface area contributed by atoms with Gasteiger partial charge in [-0.05, 0) is 35.9 Å². The summed E-state index contributed by atoms with van der Waals surface area (Å²) in [5.74, 6) is -0.0377. The van der Waals surface area contributed by atoms with Crippen LogP contribution < -0.4 is 9.47 Å². The van der Waals surface area contributed by atoms with Crippen molar-refractivity contribution in [2.45, 2.75) is 13.8 Å². The lowest BCUT2D eigenvalue weighted by Gasteiger charge is -2.11. The highest BCUT2D eigenvalue weighted by molar-refractivity contribution is 6.11. The Balaban J connectivity index is 1.87. The van der Waals surface area contributed by atoms with Gasteiger partial charge in [0.05, 0.1) is 19.3 Å². The first-order chi connectivity index (χ1) is 12.5. The van der Waals surface area contributed by atoms with E-state index in [0.29, 0.717) is 22.8 Å². The van der Waals surface area contributed by atoms with E-state index in [4.69, 9.17) is 18.6 Å². The lowest BCUT2D eigenvalue weighted by molar-refractivity contribution is -0.137. The Hall–Kier alpha value is -3.35. The van der Waals surface area contributed by atoms with Gasteiger partial charge in [0.15, 0.2) is 23.0 Å². The number of benzene rings is 1. The third kappa shape index (κ3) is 3.66. The van der Waals surface area contributed by atoms with Crippen molar-refractivity contribution in [3.05, 3.63) is 53.6 Å². The van der Waals surface area contributed by atoms with E-state index >= 15 is 0 Å². The number of furan rings is 1. The second kappa shape index (κ2) is 7.26. The van der Waals surface area contributed by atoms with Crippen LogP contribution in [-0.4, -0.2) is 24.9 Å². The second-order valence-electron chi connectivity index (χ2n) is 5.80. The first kappa shape index (κ1) is 17.5. The van der Waals surface area contributed by atoms with Crippen LogP contribution >= 0.6 is 0 Å². The van der Waals surface area contributed by atoms with Gasteiger partial charge in [-0.1, -0.05) is 19.9 Å². The van der Waals surface area contributed by atoms with Gasteiger partial charge in [0.2, 0.25) is 0 Å². The van der Waals surface area contributed by atoms with Crippen molar-refractivity contribution >= 4 is 23.9 Å². The SMILES string of the molecule is COc1cc(/C=C2/N=C(c3ccco3)OC2=O)ccc1OC(=O)C(C)C. The first-order valence-corrected chi connectivity index (χ1v) is 7.94. The number of aliphatic imine (C=N–C) groups is 1. The Morgan fingerprint density at radius 3 is 2.69 bits per heavy atom. The molecular weight excluding hydrogens is 338 g/mol. The molecule has 0 bridgehead atoms. The summed E-state index contributed by atoms with van der Waals surface area (Å²) in [6.45, 7) is 3.49. The summed E-state index contributed by atoms with van der Waals surface area (Å²) >= 11 is 0. The van der Waals surface area contributed by atoms with Gasteiger partial charge in [0.1, 0.15) is 0 Å². The first-order valence-electron chi connectivity index (χ1n) is 7.94. The molecular formula is C19H17NO6. The molecule has 7 nitrogen and oxygen atoms in total. The van der Waals surface area contributed by atoms with Crippen molar-refractivity contribution in [3.63, 3.8) is 0 Å². The normalized spacial score (nSPS) is 15.2. The molecule has 2 heterocycles. The van der Waals surface area contributed by atoms with Crippen molar-refractivity contribution in [1.82, 2.24) is 0 Å². The third-order valence-electron chi connectivity index (χ3n) is 3.53. The molecule has 0 unspecified atom stereocenters. The van der Waals surface area contributed by atoms with Crippen molar-refractivity contribution in [2.75, 3.05) is 7.11 Å². The minimum atomic E-state index is -0.578. The molecule has 0 radical (unpaired) electrons. The molecule has 0 atom stereocenters. The minimum absolute atomic E-state index is 0.112. The molecule has 0 N–H and O–H groups in total. The van der Waals surface area contributed by atoms with Gasteiger partial charge in [-0.3, -0.25) is 4.79 Å². The molecule has 0 spiro atoms. The molecule has 26 heavy (non-hydrogen) atoms. The van der Waals surface area contributed by atoms with E-state index in [-0.39, 0.29) is 23.5 Å². The van der Waals surface area contributed by atoms with Gasteiger partial charge < -0.3 is 18.6 Å². The molecule has 1 aromatic heterocycles. The van der Waals surface area contributed by atoms with Crippen molar-refractivity contribution < 1.29 is 28.2 Å². The van der Waals surface area contributed by atoms with Crippen molar-refractivity contribution in [3.8, 4) is 11.5 Å². The molecule has 0 fully saturated rings. The zero-order valence-electron chi connectivity index (χ0n) is 14.5. The third-order valence-corrected chi connectivity index (χ3v) is 3.53. The minimum Gasteiger partial charge on any atom is -0.493 e. The Kier molecular flexibility index (Phi) is 4.88. The van der Waals surface area contributed by atoms with Crippen LogP contribution in [0.4, 0.5) is 0 Å². The highest BCUT2D eigenvalue weighted by Crippen LogP contribution is 2.30. The zero-order valence-corrected chi connectivity index (χ0v) is 14.5. The highest BCUT2D eigenvalue weighted by atomic mass is 16.6. The summed E-state index contributed by atoms with van der Waals surface area (Å²) in [7, 11) is 1.47. The van der Waals surface area contributed by atoms with Crippen molar-refractivity contribution in [1.29, 1.82) is 0 Å². The zero-order chi connectivity index (χ0) is 18.7. The van der Waals surface area contributed by atoms with Gasteiger partial charge in [-0.25, -0.2) is 9.79 Å². The number of carbonyl (C=O) groups excluding carboxylic acids is 2. The summed E-state index contributed by atoms with van der Waals surface area (Å²) in [6, 6.07) is 8.25. The molecule has 0 saturated heterocycles. The molecule has 7 heteroatoms. The smallest absolute Gasteiger partial charge is 0.363 e. The fourth-order valence-electron chi connectivity index (χ4n) is 2.16. The van der Waals surface area contributed by atoms with E-state index in [0.717, 1.165) is 0 Å². The Labute approximate surface area is 149 Å². The highest BCUT2D eigenvalue weighted by Gasteiger charge is 2.26. The lowest BCUT2D eigenvalue weighted by Crippen LogP contribution is -2.15. The largest absolute Gasteiger partial charge is 0.493 e. The molecule has 1 aliphatic rings. The number of nitrogens with zero attached hydrogens (tertiary/aromatic N) is 1. The second-order valence-corrected chi connectivity index (χ2v) is 5.80. The molecule has 2 aromatic rings. The molecule has 1 aromatic carbocycles. The summed E-state index contributed by atoms with van der Waals surface area (Å²) in [6.07, 6.45) is 3.02. The summed E-state index contributed by atoms with van der Waals surface area (Å²) in [5, 5.41) is 0. The fourth-order valence-corrected chi connectivity index (χ4v) is 2.16. The van der Waals surface area contributed by atoms with E-state index in [9.17, 15) is 9.59 Å². The molecule has 1 aliphatic heterocycles. The number of hydrogen-bond acceptors (Lipinski definition) is 7. The van der Waals surface area contributed by atoms with E-state index in [1.807, 2.05) is 0 Å². The lowest BCUT2D eigenvalue weighted by atomic mass is 10.1. The van der Waals surface area contributed by atoms with Gasteiger partial charge >= 0.3 is 11.9 Å². The number of ether oxygens (including phenoxy) is 3. The van der Waals surface area contributed by atoms with Crippen LogP contribution in [0.1, 0.15) is 25.2 Å². The Bertz CT molecular complexity index is 893. The van der Waals surface area contributed by atoms with E-state index < -0.39 is 5.97 Å². The maximum atomic E-state index is 12.0. The quantitative estimate of drug-likeness (QED) is 0.465. The number of esters is 2. The predicted molar refractivity (Wildman–Crippen MR) is 92.8 cm³/mol. The maximum Gasteiger partial charge on any atom is 0.363 e. The van der Waals surface area contributed by atoms with Crippen LogP contribution in [-0.2, 0) is 14.3 Å². The van der Waals surface area contributed by atoms with E-state index in [2.05, 4.69) is 4.99 Å². The fraction of sp³-hybridized carbons (Fsp3) is 0.211. The number of cyclic esters (lactones) is 1. The Morgan fingerprint density at radius 2 is 2.04 bits per heavy atom.